The van der Waals surface area contributed by atoms with Crippen molar-refractivity contribution >= 4 is 27.5 Å². The van der Waals surface area contributed by atoms with Gasteiger partial charge in [0.25, 0.3) is 0 Å². The Morgan fingerprint density at radius 3 is 2.67 bits per heavy atom. The van der Waals surface area contributed by atoms with E-state index in [0.717, 1.165) is 11.0 Å². The zero-order valence-corrected chi connectivity index (χ0v) is 12.7. The number of amides is 1. The molecule has 0 bridgehead atoms. The maximum Gasteiger partial charge on any atom is 0.244 e. The zero-order chi connectivity index (χ0) is 13.8. The van der Waals surface area contributed by atoms with Crippen molar-refractivity contribution in [2.24, 2.45) is 0 Å². The molecule has 0 radical (unpaired) electrons. The maximum atomic E-state index is 12.1. The number of hydrogen-bond acceptors (Lipinski definition) is 3. The highest BCUT2D eigenvalue weighted by Gasteiger charge is 2.26. The molecule has 1 amide bonds. The Bertz CT molecular complexity index is 433. The van der Waals surface area contributed by atoms with Crippen LogP contribution in [0.3, 0.4) is 0 Å². The summed E-state index contributed by atoms with van der Waals surface area (Å²) in [5.41, 5.74) is 0.112. The Morgan fingerprint density at radius 1 is 1.44 bits per heavy atom. The third-order valence-electron chi connectivity index (χ3n) is 2.60. The van der Waals surface area contributed by atoms with Gasteiger partial charge in [0.1, 0.15) is 5.75 Å². The fourth-order valence-corrected chi connectivity index (χ4v) is 1.96. The summed E-state index contributed by atoms with van der Waals surface area (Å²) in [7, 11) is 1.59. The highest BCUT2D eigenvalue weighted by molar-refractivity contribution is 9.10. The van der Waals surface area contributed by atoms with E-state index in [1.165, 1.54) is 0 Å². The summed E-state index contributed by atoms with van der Waals surface area (Å²) in [5.74, 6) is 0.614. The number of carbonyl (C=O) groups excluding carboxylic acids is 1. The van der Waals surface area contributed by atoms with Crippen molar-refractivity contribution < 1.29 is 9.53 Å². The van der Waals surface area contributed by atoms with Gasteiger partial charge in [0.15, 0.2) is 0 Å². The number of carbonyl (C=O) groups is 1. The van der Waals surface area contributed by atoms with Crippen molar-refractivity contribution in [2.45, 2.75) is 26.3 Å². The van der Waals surface area contributed by atoms with Crippen molar-refractivity contribution in [1.82, 2.24) is 5.32 Å². The minimum atomic E-state index is -0.602. The minimum absolute atomic E-state index is 0.0753. The number of rotatable bonds is 5. The van der Waals surface area contributed by atoms with E-state index in [0.29, 0.717) is 11.4 Å². The standard InChI is InChI=1S/C13H19BrN2O2/c1-5-15-13(2,3)12(17)16-9-6-7-10(14)11(8-9)18-4/h6-8,15H,5H2,1-4H3,(H,16,17). The zero-order valence-electron chi connectivity index (χ0n) is 11.1. The first-order chi connectivity index (χ1) is 8.40. The molecule has 0 saturated carbocycles. The number of ether oxygens (including phenoxy) is 1. The van der Waals surface area contributed by atoms with Crippen LogP contribution in [0.15, 0.2) is 22.7 Å². The number of benzene rings is 1. The Kier molecular flexibility index (Phi) is 5.16. The van der Waals surface area contributed by atoms with Crippen molar-refractivity contribution in [1.29, 1.82) is 0 Å². The van der Waals surface area contributed by atoms with E-state index in [9.17, 15) is 4.79 Å². The minimum Gasteiger partial charge on any atom is -0.495 e. The first-order valence-electron chi connectivity index (χ1n) is 5.80. The lowest BCUT2D eigenvalue weighted by molar-refractivity contribution is -0.121. The first-order valence-corrected chi connectivity index (χ1v) is 6.60. The lowest BCUT2D eigenvalue weighted by atomic mass is 10.0. The number of nitrogens with one attached hydrogen (secondary N) is 2. The normalized spacial score (nSPS) is 11.2. The van der Waals surface area contributed by atoms with E-state index in [1.807, 2.05) is 32.9 Å². The highest BCUT2D eigenvalue weighted by atomic mass is 79.9. The smallest absolute Gasteiger partial charge is 0.244 e. The molecule has 2 N–H and O–H groups in total. The summed E-state index contributed by atoms with van der Waals surface area (Å²) in [6, 6.07) is 5.45. The molecule has 0 fully saturated rings. The van der Waals surface area contributed by atoms with Gasteiger partial charge in [-0.3, -0.25) is 4.79 Å². The summed E-state index contributed by atoms with van der Waals surface area (Å²) < 4.78 is 6.04. The lowest BCUT2D eigenvalue weighted by Crippen LogP contribution is -2.49. The molecule has 1 aromatic rings. The molecule has 0 saturated heterocycles. The van der Waals surface area contributed by atoms with Gasteiger partial charge in [-0.25, -0.2) is 0 Å². The van der Waals surface area contributed by atoms with Crippen LogP contribution < -0.4 is 15.4 Å². The Balaban J connectivity index is 2.82. The van der Waals surface area contributed by atoms with Gasteiger partial charge in [0.2, 0.25) is 5.91 Å². The molecule has 0 aliphatic heterocycles. The number of halogens is 1. The van der Waals surface area contributed by atoms with Crippen LogP contribution in [0.5, 0.6) is 5.75 Å². The Labute approximate surface area is 116 Å². The van der Waals surface area contributed by atoms with Crippen molar-refractivity contribution in [3.05, 3.63) is 22.7 Å². The summed E-state index contributed by atoms with van der Waals surface area (Å²) >= 11 is 3.37. The lowest BCUT2D eigenvalue weighted by Gasteiger charge is -2.24. The van der Waals surface area contributed by atoms with Gasteiger partial charge >= 0.3 is 0 Å². The molecule has 0 aromatic heterocycles. The van der Waals surface area contributed by atoms with E-state index in [-0.39, 0.29) is 5.91 Å². The molecule has 18 heavy (non-hydrogen) atoms. The van der Waals surface area contributed by atoms with Gasteiger partial charge < -0.3 is 15.4 Å². The highest BCUT2D eigenvalue weighted by Crippen LogP contribution is 2.28. The van der Waals surface area contributed by atoms with Crippen LogP contribution in [-0.2, 0) is 4.79 Å². The van der Waals surface area contributed by atoms with Crippen molar-refractivity contribution in [3.8, 4) is 5.75 Å². The van der Waals surface area contributed by atoms with Crippen LogP contribution in [0.4, 0.5) is 5.69 Å². The second kappa shape index (κ2) is 6.20. The van der Waals surface area contributed by atoms with Gasteiger partial charge in [-0.15, -0.1) is 0 Å². The predicted octanol–water partition coefficient (Wildman–Crippen LogP) is 2.78. The number of hydrogen-bond donors (Lipinski definition) is 2. The summed E-state index contributed by atoms with van der Waals surface area (Å²) in [6.07, 6.45) is 0. The Hall–Kier alpha value is -1.07. The largest absolute Gasteiger partial charge is 0.495 e. The molecule has 1 rings (SSSR count). The fraction of sp³-hybridized carbons (Fsp3) is 0.462. The molecular weight excluding hydrogens is 296 g/mol. The molecule has 100 valence electrons. The predicted molar refractivity (Wildman–Crippen MR) is 77.1 cm³/mol. The molecule has 0 heterocycles. The second-order valence-electron chi connectivity index (χ2n) is 4.46. The van der Waals surface area contributed by atoms with E-state index in [2.05, 4.69) is 26.6 Å². The molecule has 5 heteroatoms. The molecule has 0 aliphatic carbocycles. The molecule has 1 aromatic carbocycles. The summed E-state index contributed by atoms with van der Waals surface area (Å²) in [5, 5.41) is 6.00. The van der Waals surface area contributed by atoms with E-state index < -0.39 is 5.54 Å². The quantitative estimate of drug-likeness (QED) is 0.878. The first kappa shape index (κ1) is 15.0. The Morgan fingerprint density at radius 2 is 2.11 bits per heavy atom. The number of methoxy groups -OCH3 is 1. The van der Waals surface area contributed by atoms with Crippen molar-refractivity contribution in [3.63, 3.8) is 0 Å². The second-order valence-corrected chi connectivity index (χ2v) is 5.31. The fourth-order valence-electron chi connectivity index (χ4n) is 1.55. The molecule has 0 aliphatic rings. The topological polar surface area (TPSA) is 50.4 Å². The summed E-state index contributed by atoms with van der Waals surface area (Å²) in [4.78, 5) is 12.1. The molecule has 0 spiro atoms. The van der Waals surface area contributed by atoms with E-state index in [4.69, 9.17) is 4.74 Å². The number of anilines is 1. The van der Waals surface area contributed by atoms with Crippen LogP contribution in [-0.4, -0.2) is 25.1 Å². The van der Waals surface area contributed by atoms with Gasteiger partial charge in [-0.05, 0) is 48.5 Å². The molecule has 0 atom stereocenters. The monoisotopic (exact) mass is 314 g/mol. The van der Waals surface area contributed by atoms with Gasteiger partial charge in [-0.1, -0.05) is 6.92 Å². The van der Waals surface area contributed by atoms with Gasteiger partial charge in [0.05, 0.1) is 17.1 Å². The maximum absolute atomic E-state index is 12.1. The average molecular weight is 315 g/mol. The van der Waals surface area contributed by atoms with Crippen LogP contribution >= 0.6 is 15.9 Å². The van der Waals surface area contributed by atoms with Gasteiger partial charge in [0, 0.05) is 11.8 Å². The van der Waals surface area contributed by atoms with Crippen LogP contribution in [0.25, 0.3) is 0 Å². The van der Waals surface area contributed by atoms with Gasteiger partial charge in [-0.2, -0.15) is 0 Å². The third kappa shape index (κ3) is 3.71. The molecule has 4 nitrogen and oxygen atoms in total. The SMILES string of the molecule is CCNC(C)(C)C(=O)Nc1ccc(Br)c(OC)c1. The van der Waals surface area contributed by atoms with E-state index in [1.54, 1.807) is 13.2 Å². The van der Waals surface area contributed by atoms with E-state index >= 15 is 0 Å². The molecular formula is C13H19BrN2O2. The number of likely N-dealkylation sites (N-methyl/N-ethyl adjacent to an activating group) is 1. The van der Waals surface area contributed by atoms with Crippen LogP contribution in [0, 0.1) is 0 Å². The summed E-state index contributed by atoms with van der Waals surface area (Å²) in [6.45, 7) is 6.41. The molecule has 0 unspecified atom stereocenters. The average Bonchev–Trinajstić information content (AvgIpc) is 2.31. The third-order valence-corrected chi connectivity index (χ3v) is 3.25. The van der Waals surface area contributed by atoms with Crippen LogP contribution in [0.1, 0.15) is 20.8 Å². The van der Waals surface area contributed by atoms with Crippen LogP contribution in [0.2, 0.25) is 0 Å². The van der Waals surface area contributed by atoms with Crippen molar-refractivity contribution in [2.75, 3.05) is 19.0 Å².